The first-order valence-electron chi connectivity index (χ1n) is 5.09. The Morgan fingerprint density at radius 1 is 1.53 bits per heavy atom. The molecule has 0 saturated heterocycles. The highest BCUT2D eigenvalue weighted by Crippen LogP contribution is 2.26. The minimum Gasteiger partial charge on any atom is -0.325 e. The quantitative estimate of drug-likeness (QED) is 0.661. The Kier molecular flexibility index (Phi) is 4.80. The van der Waals surface area contributed by atoms with Crippen molar-refractivity contribution in [3.8, 4) is 0 Å². The van der Waals surface area contributed by atoms with Gasteiger partial charge in [0.25, 0.3) is 5.69 Å². The molecule has 0 unspecified atom stereocenters. The van der Waals surface area contributed by atoms with Crippen molar-refractivity contribution < 1.29 is 4.92 Å². The highest BCUT2D eigenvalue weighted by molar-refractivity contribution is 7.98. The molecule has 0 aliphatic heterocycles. The molecule has 1 rings (SSSR count). The molecule has 0 spiro atoms. The summed E-state index contributed by atoms with van der Waals surface area (Å²) in [5, 5.41) is 11.0. The van der Waals surface area contributed by atoms with E-state index in [0.717, 1.165) is 11.3 Å². The summed E-state index contributed by atoms with van der Waals surface area (Å²) < 4.78 is 0. The van der Waals surface area contributed by atoms with E-state index < -0.39 is 4.92 Å². The van der Waals surface area contributed by atoms with Crippen LogP contribution in [0.4, 0.5) is 5.69 Å². The van der Waals surface area contributed by atoms with Crippen LogP contribution >= 0.6 is 23.4 Å². The molecule has 0 aliphatic carbocycles. The highest BCUT2D eigenvalue weighted by atomic mass is 35.5. The average molecular weight is 275 g/mol. The molecule has 6 heteroatoms. The number of nitro groups is 1. The standard InChI is InChI=1S/C11H15ClN2O2S/c1-11(2,13)7-17-6-8-3-4-9(14(15)16)5-10(8)12/h3-5H,6-7,13H2,1-2H3. The van der Waals surface area contributed by atoms with E-state index >= 15 is 0 Å². The Hall–Kier alpha value is -0.780. The van der Waals surface area contributed by atoms with Crippen LogP contribution in [-0.4, -0.2) is 16.2 Å². The molecule has 0 aromatic heterocycles. The molecule has 0 radical (unpaired) electrons. The summed E-state index contributed by atoms with van der Waals surface area (Å²) in [7, 11) is 0. The van der Waals surface area contributed by atoms with E-state index in [-0.39, 0.29) is 11.2 Å². The van der Waals surface area contributed by atoms with Crippen LogP contribution in [-0.2, 0) is 5.75 Å². The fraction of sp³-hybridized carbons (Fsp3) is 0.455. The van der Waals surface area contributed by atoms with Crippen molar-refractivity contribution >= 4 is 29.1 Å². The Morgan fingerprint density at radius 3 is 2.65 bits per heavy atom. The molecule has 4 nitrogen and oxygen atoms in total. The van der Waals surface area contributed by atoms with Gasteiger partial charge in [-0.1, -0.05) is 11.6 Å². The molecule has 0 aliphatic rings. The van der Waals surface area contributed by atoms with Crippen LogP contribution in [0, 0.1) is 10.1 Å². The van der Waals surface area contributed by atoms with Crippen LogP contribution in [0.5, 0.6) is 0 Å². The second-order valence-corrected chi connectivity index (χ2v) is 5.91. The molecule has 0 bridgehead atoms. The van der Waals surface area contributed by atoms with Gasteiger partial charge in [0, 0.05) is 29.2 Å². The number of nitro benzene ring substituents is 1. The maximum absolute atomic E-state index is 10.5. The van der Waals surface area contributed by atoms with Gasteiger partial charge in [-0.05, 0) is 25.5 Å². The van der Waals surface area contributed by atoms with Gasteiger partial charge in [0.1, 0.15) is 0 Å². The van der Waals surface area contributed by atoms with E-state index in [2.05, 4.69) is 0 Å². The lowest BCUT2D eigenvalue weighted by Crippen LogP contribution is -2.34. The minimum absolute atomic E-state index is 0.0166. The molecule has 0 fully saturated rings. The molecular weight excluding hydrogens is 260 g/mol. The molecule has 0 heterocycles. The molecule has 94 valence electrons. The molecule has 17 heavy (non-hydrogen) atoms. The van der Waals surface area contributed by atoms with Crippen LogP contribution < -0.4 is 5.73 Å². The van der Waals surface area contributed by atoms with E-state index in [1.807, 2.05) is 13.8 Å². The molecule has 0 atom stereocenters. The van der Waals surface area contributed by atoms with Gasteiger partial charge >= 0.3 is 0 Å². The summed E-state index contributed by atoms with van der Waals surface area (Å²) in [6, 6.07) is 4.54. The Bertz CT molecular complexity index is 418. The maximum Gasteiger partial charge on any atom is 0.270 e. The zero-order valence-corrected chi connectivity index (χ0v) is 11.3. The number of rotatable bonds is 5. The topological polar surface area (TPSA) is 69.2 Å². The van der Waals surface area contributed by atoms with Gasteiger partial charge in [0.2, 0.25) is 0 Å². The van der Waals surface area contributed by atoms with Gasteiger partial charge in [-0.25, -0.2) is 0 Å². The van der Waals surface area contributed by atoms with E-state index in [9.17, 15) is 10.1 Å². The number of nitrogens with two attached hydrogens (primary N) is 1. The number of hydrogen-bond acceptors (Lipinski definition) is 4. The zero-order valence-electron chi connectivity index (χ0n) is 9.77. The molecule has 2 N–H and O–H groups in total. The van der Waals surface area contributed by atoms with Gasteiger partial charge in [-0.15, -0.1) is 0 Å². The lowest BCUT2D eigenvalue weighted by atomic mass is 10.1. The van der Waals surface area contributed by atoms with Crippen molar-refractivity contribution in [2.24, 2.45) is 5.73 Å². The van der Waals surface area contributed by atoms with Crippen molar-refractivity contribution in [2.45, 2.75) is 25.1 Å². The monoisotopic (exact) mass is 274 g/mol. The van der Waals surface area contributed by atoms with Crippen molar-refractivity contribution in [3.05, 3.63) is 38.9 Å². The second-order valence-electron chi connectivity index (χ2n) is 4.51. The van der Waals surface area contributed by atoms with Gasteiger partial charge in [0.15, 0.2) is 0 Å². The fourth-order valence-corrected chi connectivity index (χ4v) is 2.61. The van der Waals surface area contributed by atoms with Crippen LogP contribution in [0.25, 0.3) is 0 Å². The van der Waals surface area contributed by atoms with Crippen LogP contribution in [0.2, 0.25) is 5.02 Å². The first-order valence-corrected chi connectivity index (χ1v) is 6.62. The zero-order chi connectivity index (χ0) is 13.1. The maximum atomic E-state index is 10.5. The van der Waals surface area contributed by atoms with Crippen molar-refractivity contribution in [1.82, 2.24) is 0 Å². The summed E-state index contributed by atoms with van der Waals surface area (Å²) in [5.74, 6) is 1.51. The van der Waals surface area contributed by atoms with Crippen LogP contribution in [0.1, 0.15) is 19.4 Å². The largest absolute Gasteiger partial charge is 0.325 e. The first kappa shape index (κ1) is 14.3. The van der Waals surface area contributed by atoms with Crippen LogP contribution in [0.15, 0.2) is 18.2 Å². The third-order valence-corrected chi connectivity index (χ3v) is 3.79. The Labute approximate surface area is 110 Å². The van der Waals surface area contributed by atoms with Gasteiger partial charge in [-0.2, -0.15) is 11.8 Å². The smallest absolute Gasteiger partial charge is 0.270 e. The Morgan fingerprint density at radius 2 is 2.18 bits per heavy atom. The predicted octanol–water partition coefficient (Wildman–Crippen LogP) is 3.22. The van der Waals surface area contributed by atoms with Crippen LogP contribution in [0.3, 0.4) is 0 Å². The van der Waals surface area contributed by atoms with E-state index in [1.54, 1.807) is 17.8 Å². The fourth-order valence-electron chi connectivity index (χ4n) is 1.19. The third-order valence-electron chi connectivity index (χ3n) is 1.98. The normalized spacial score (nSPS) is 11.5. The highest BCUT2D eigenvalue weighted by Gasteiger charge is 2.12. The number of hydrogen-bond donors (Lipinski definition) is 1. The molecule has 0 saturated carbocycles. The summed E-state index contributed by atoms with van der Waals surface area (Å²) in [4.78, 5) is 10.1. The lowest BCUT2D eigenvalue weighted by Gasteiger charge is -2.17. The number of halogens is 1. The van der Waals surface area contributed by atoms with Gasteiger partial charge in [-0.3, -0.25) is 10.1 Å². The summed E-state index contributed by atoms with van der Waals surface area (Å²) in [6.07, 6.45) is 0. The summed E-state index contributed by atoms with van der Waals surface area (Å²) >= 11 is 7.64. The molecule has 1 aromatic rings. The lowest BCUT2D eigenvalue weighted by molar-refractivity contribution is -0.384. The minimum atomic E-state index is -0.453. The molecular formula is C11H15ClN2O2S. The molecule has 1 aromatic carbocycles. The number of non-ortho nitro benzene ring substituents is 1. The number of benzene rings is 1. The van der Waals surface area contributed by atoms with Gasteiger partial charge in [0.05, 0.1) is 9.95 Å². The Balaban J connectivity index is 2.64. The summed E-state index contributed by atoms with van der Waals surface area (Å²) in [6.45, 7) is 3.91. The number of nitrogens with zero attached hydrogens (tertiary/aromatic N) is 1. The van der Waals surface area contributed by atoms with E-state index in [4.69, 9.17) is 17.3 Å². The van der Waals surface area contributed by atoms with E-state index in [1.165, 1.54) is 12.1 Å². The SMILES string of the molecule is CC(C)(N)CSCc1ccc([N+](=O)[O-])cc1Cl. The average Bonchev–Trinajstić information content (AvgIpc) is 2.18. The van der Waals surface area contributed by atoms with Crippen molar-refractivity contribution in [1.29, 1.82) is 0 Å². The third kappa shape index (κ3) is 4.93. The predicted molar refractivity (Wildman–Crippen MR) is 72.5 cm³/mol. The van der Waals surface area contributed by atoms with Gasteiger partial charge < -0.3 is 5.73 Å². The first-order chi connectivity index (χ1) is 7.79. The van der Waals surface area contributed by atoms with Crippen molar-refractivity contribution in [3.63, 3.8) is 0 Å². The molecule has 0 amide bonds. The van der Waals surface area contributed by atoms with Crippen molar-refractivity contribution in [2.75, 3.05) is 5.75 Å². The second kappa shape index (κ2) is 5.71. The van der Waals surface area contributed by atoms with E-state index in [0.29, 0.717) is 10.8 Å². The number of thioether (sulfide) groups is 1. The summed E-state index contributed by atoms with van der Waals surface area (Å²) in [5.41, 5.74) is 6.55.